The van der Waals surface area contributed by atoms with E-state index in [9.17, 15) is 9.59 Å². The van der Waals surface area contributed by atoms with Gasteiger partial charge in [0.05, 0.1) is 7.85 Å². The van der Waals surface area contributed by atoms with E-state index in [4.69, 9.17) is 17.3 Å². The summed E-state index contributed by atoms with van der Waals surface area (Å²) in [4.78, 5) is 21.8. The Kier molecular flexibility index (Phi) is 4.76. The van der Waals surface area contributed by atoms with Gasteiger partial charge >= 0.3 is 11.9 Å². The standard InChI is InChI=1S/C12H13BO4/c1-8(14)16-11-4-3-10(5-6-13)7-12(11)17-9(2)15/h3-4,7H,5-6H2,1-2H3. The molecule has 0 saturated heterocycles. The molecule has 1 aromatic carbocycles. The van der Waals surface area contributed by atoms with Crippen molar-refractivity contribution in [1.82, 2.24) is 0 Å². The molecule has 0 unspecified atom stereocenters. The average molecular weight is 232 g/mol. The monoisotopic (exact) mass is 232 g/mol. The molecule has 0 atom stereocenters. The summed E-state index contributed by atoms with van der Waals surface area (Å²) in [7, 11) is 5.44. The van der Waals surface area contributed by atoms with Gasteiger partial charge in [-0.3, -0.25) is 9.59 Å². The van der Waals surface area contributed by atoms with Gasteiger partial charge < -0.3 is 9.47 Å². The van der Waals surface area contributed by atoms with Crippen molar-refractivity contribution in [2.24, 2.45) is 0 Å². The molecule has 88 valence electrons. The van der Waals surface area contributed by atoms with Gasteiger partial charge in [0.25, 0.3) is 0 Å². The lowest BCUT2D eigenvalue weighted by Crippen LogP contribution is -2.07. The Bertz CT molecular complexity index is 429. The van der Waals surface area contributed by atoms with Crippen molar-refractivity contribution < 1.29 is 19.1 Å². The van der Waals surface area contributed by atoms with E-state index in [2.05, 4.69) is 0 Å². The summed E-state index contributed by atoms with van der Waals surface area (Å²) in [5.74, 6) is -0.472. The fourth-order valence-electron chi connectivity index (χ4n) is 1.35. The Balaban J connectivity index is 3.02. The second-order valence-electron chi connectivity index (χ2n) is 3.51. The van der Waals surface area contributed by atoms with Gasteiger partial charge in [0.1, 0.15) is 0 Å². The quantitative estimate of drug-likeness (QED) is 0.450. The molecule has 0 spiro atoms. The lowest BCUT2D eigenvalue weighted by Gasteiger charge is -2.10. The second-order valence-corrected chi connectivity index (χ2v) is 3.51. The smallest absolute Gasteiger partial charge is 0.308 e. The van der Waals surface area contributed by atoms with Crippen LogP contribution in [0.2, 0.25) is 6.32 Å². The average Bonchev–Trinajstić information content (AvgIpc) is 2.21. The van der Waals surface area contributed by atoms with Crippen LogP contribution in [0, 0.1) is 0 Å². The molecule has 5 heteroatoms. The number of carbonyl (C=O) groups excluding carboxylic acids is 2. The van der Waals surface area contributed by atoms with Crippen LogP contribution in [-0.2, 0) is 16.0 Å². The zero-order valence-electron chi connectivity index (χ0n) is 9.86. The molecule has 0 bridgehead atoms. The van der Waals surface area contributed by atoms with Gasteiger partial charge in [-0.1, -0.05) is 12.4 Å². The van der Waals surface area contributed by atoms with Crippen LogP contribution in [0.15, 0.2) is 18.2 Å². The van der Waals surface area contributed by atoms with Crippen LogP contribution in [0.25, 0.3) is 0 Å². The first-order valence-corrected chi connectivity index (χ1v) is 5.22. The van der Waals surface area contributed by atoms with Gasteiger partial charge in [-0.25, -0.2) is 0 Å². The van der Waals surface area contributed by atoms with Crippen LogP contribution in [-0.4, -0.2) is 19.8 Å². The summed E-state index contributed by atoms with van der Waals surface area (Å²) in [5.41, 5.74) is 0.916. The summed E-state index contributed by atoms with van der Waals surface area (Å²) in [5, 5.41) is 0. The van der Waals surface area contributed by atoms with Crippen molar-refractivity contribution in [2.45, 2.75) is 26.6 Å². The number of aryl methyl sites for hydroxylation is 1. The van der Waals surface area contributed by atoms with E-state index >= 15 is 0 Å². The van der Waals surface area contributed by atoms with Crippen molar-refractivity contribution in [3.05, 3.63) is 23.8 Å². The summed E-state index contributed by atoms with van der Waals surface area (Å²) in [6.45, 7) is 2.57. The Hall–Kier alpha value is -1.78. The highest BCUT2D eigenvalue weighted by Gasteiger charge is 2.10. The largest absolute Gasteiger partial charge is 0.423 e. The highest BCUT2D eigenvalue weighted by atomic mass is 16.6. The molecular formula is C12H13BO4. The van der Waals surface area contributed by atoms with Crippen molar-refractivity contribution in [1.29, 1.82) is 0 Å². The third kappa shape index (κ3) is 4.30. The molecular weight excluding hydrogens is 219 g/mol. The number of hydrogen-bond donors (Lipinski definition) is 0. The first-order chi connectivity index (χ1) is 8.02. The van der Waals surface area contributed by atoms with Crippen LogP contribution >= 0.6 is 0 Å². The van der Waals surface area contributed by atoms with Crippen LogP contribution < -0.4 is 9.47 Å². The summed E-state index contributed by atoms with van der Waals surface area (Å²) in [6.07, 6.45) is 1.15. The topological polar surface area (TPSA) is 52.6 Å². The maximum Gasteiger partial charge on any atom is 0.308 e. The number of carbonyl (C=O) groups is 2. The molecule has 1 rings (SSSR count). The van der Waals surface area contributed by atoms with Crippen molar-refractivity contribution in [2.75, 3.05) is 0 Å². The fraction of sp³-hybridized carbons (Fsp3) is 0.333. The molecule has 0 N–H and O–H groups in total. The number of esters is 2. The Morgan fingerprint density at radius 1 is 1.12 bits per heavy atom. The van der Waals surface area contributed by atoms with E-state index in [-0.39, 0.29) is 11.5 Å². The highest BCUT2D eigenvalue weighted by molar-refractivity contribution is 6.08. The van der Waals surface area contributed by atoms with Gasteiger partial charge in [0, 0.05) is 13.8 Å². The van der Waals surface area contributed by atoms with E-state index in [1.807, 2.05) is 0 Å². The molecule has 0 aliphatic rings. The maximum absolute atomic E-state index is 10.9. The summed E-state index contributed by atoms with van der Waals surface area (Å²) >= 11 is 0. The molecule has 0 amide bonds. The van der Waals surface area contributed by atoms with Crippen LogP contribution in [0.3, 0.4) is 0 Å². The zero-order chi connectivity index (χ0) is 12.8. The van der Waals surface area contributed by atoms with Crippen LogP contribution in [0.5, 0.6) is 11.5 Å². The molecule has 0 heterocycles. The Labute approximate surface area is 101 Å². The van der Waals surface area contributed by atoms with Gasteiger partial charge in [-0.05, 0) is 24.1 Å². The molecule has 0 saturated carbocycles. The predicted octanol–water partition coefficient (Wildman–Crippen LogP) is 1.67. The first-order valence-electron chi connectivity index (χ1n) is 5.22. The van der Waals surface area contributed by atoms with E-state index in [1.165, 1.54) is 13.8 Å². The summed E-state index contributed by atoms with van der Waals surface area (Å²) < 4.78 is 9.91. The molecule has 1 aromatic rings. The molecule has 0 aliphatic carbocycles. The van der Waals surface area contributed by atoms with Crippen LogP contribution in [0.4, 0.5) is 0 Å². The Morgan fingerprint density at radius 3 is 2.24 bits per heavy atom. The van der Waals surface area contributed by atoms with Gasteiger partial charge in [0.2, 0.25) is 0 Å². The number of benzene rings is 1. The van der Waals surface area contributed by atoms with E-state index in [0.717, 1.165) is 5.56 Å². The minimum absolute atomic E-state index is 0.230. The normalized spacial score (nSPS) is 9.76. The summed E-state index contributed by atoms with van der Waals surface area (Å²) in [6, 6.07) is 5.01. The maximum atomic E-state index is 10.9. The lowest BCUT2D eigenvalue weighted by atomic mass is 9.97. The van der Waals surface area contributed by atoms with Gasteiger partial charge in [0.15, 0.2) is 11.5 Å². The van der Waals surface area contributed by atoms with Crippen molar-refractivity contribution >= 4 is 19.8 Å². The van der Waals surface area contributed by atoms with Gasteiger partial charge in [-0.2, -0.15) is 0 Å². The van der Waals surface area contributed by atoms with E-state index in [1.54, 1.807) is 18.2 Å². The molecule has 4 nitrogen and oxygen atoms in total. The number of ether oxygens (including phenoxy) is 2. The molecule has 17 heavy (non-hydrogen) atoms. The third-order valence-corrected chi connectivity index (χ3v) is 1.95. The van der Waals surface area contributed by atoms with Crippen molar-refractivity contribution in [3.63, 3.8) is 0 Å². The fourth-order valence-corrected chi connectivity index (χ4v) is 1.35. The molecule has 2 radical (unpaired) electrons. The number of hydrogen-bond acceptors (Lipinski definition) is 4. The number of rotatable bonds is 4. The Morgan fingerprint density at radius 2 is 1.71 bits per heavy atom. The minimum Gasteiger partial charge on any atom is -0.423 e. The van der Waals surface area contributed by atoms with Crippen LogP contribution in [0.1, 0.15) is 19.4 Å². The first kappa shape index (κ1) is 13.3. The van der Waals surface area contributed by atoms with Gasteiger partial charge in [-0.15, -0.1) is 0 Å². The zero-order valence-corrected chi connectivity index (χ0v) is 9.86. The SMILES string of the molecule is [B]CCc1ccc(OC(C)=O)c(OC(C)=O)c1. The molecule has 0 aromatic heterocycles. The lowest BCUT2D eigenvalue weighted by molar-refractivity contribution is -0.134. The molecule has 0 fully saturated rings. The minimum atomic E-state index is -0.469. The predicted molar refractivity (Wildman–Crippen MR) is 63.3 cm³/mol. The molecule has 0 aliphatic heterocycles. The second kappa shape index (κ2) is 6.08. The van der Waals surface area contributed by atoms with Crippen molar-refractivity contribution in [3.8, 4) is 11.5 Å². The van der Waals surface area contributed by atoms with E-state index < -0.39 is 11.9 Å². The highest BCUT2D eigenvalue weighted by Crippen LogP contribution is 2.29. The third-order valence-electron chi connectivity index (χ3n) is 1.95. The van der Waals surface area contributed by atoms with E-state index in [0.29, 0.717) is 12.7 Å².